The Bertz CT molecular complexity index is 504. The van der Waals surface area contributed by atoms with Crippen LogP contribution in [0.2, 0.25) is 5.15 Å². The molecule has 1 aromatic heterocycles. The summed E-state index contributed by atoms with van der Waals surface area (Å²) in [6, 6.07) is 5.37. The molecule has 0 atom stereocenters. The third kappa shape index (κ3) is 1.76. The molecule has 15 heavy (non-hydrogen) atoms. The molecule has 0 amide bonds. The molecule has 0 aliphatic heterocycles. The lowest BCUT2D eigenvalue weighted by Crippen LogP contribution is -1.88. The van der Waals surface area contributed by atoms with Crippen molar-refractivity contribution in [3.8, 4) is 5.75 Å². The molecular weight excluding hydrogens is 234 g/mol. The zero-order valence-electron chi connectivity index (χ0n) is 7.90. The van der Waals surface area contributed by atoms with Crippen molar-refractivity contribution in [3.63, 3.8) is 0 Å². The Hall–Kier alpha value is -0.970. The van der Waals surface area contributed by atoms with Gasteiger partial charge in [-0.05, 0) is 18.2 Å². The first-order valence-electron chi connectivity index (χ1n) is 4.20. The van der Waals surface area contributed by atoms with E-state index in [0.29, 0.717) is 27.8 Å². The molecule has 0 unspecified atom stereocenters. The topological polar surface area (TPSA) is 42.4 Å². The van der Waals surface area contributed by atoms with Crippen molar-refractivity contribution in [3.05, 3.63) is 29.5 Å². The SMILES string of the molecule is COc1ccc2c(Cl)nccc2c1SO. The molecule has 1 heterocycles. The zero-order valence-corrected chi connectivity index (χ0v) is 9.47. The third-order valence-electron chi connectivity index (χ3n) is 2.12. The largest absolute Gasteiger partial charge is 0.495 e. The van der Waals surface area contributed by atoms with Gasteiger partial charge < -0.3 is 9.29 Å². The molecule has 0 saturated carbocycles. The van der Waals surface area contributed by atoms with Gasteiger partial charge in [0.2, 0.25) is 0 Å². The minimum absolute atomic E-state index is 0.422. The van der Waals surface area contributed by atoms with Gasteiger partial charge in [-0.1, -0.05) is 11.6 Å². The molecule has 2 aromatic rings. The maximum Gasteiger partial charge on any atom is 0.136 e. The fourth-order valence-electron chi connectivity index (χ4n) is 1.43. The van der Waals surface area contributed by atoms with Crippen LogP contribution in [0, 0.1) is 0 Å². The number of fused-ring (bicyclic) bond motifs is 1. The predicted molar refractivity (Wildman–Crippen MR) is 61.8 cm³/mol. The summed E-state index contributed by atoms with van der Waals surface area (Å²) >= 11 is 6.59. The molecule has 0 fully saturated rings. The maximum absolute atomic E-state index is 9.21. The predicted octanol–water partition coefficient (Wildman–Crippen LogP) is 3.46. The summed E-state index contributed by atoms with van der Waals surface area (Å²) in [6.07, 6.45) is 1.60. The normalized spacial score (nSPS) is 10.6. The second-order valence-corrected chi connectivity index (χ2v) is 3.83. The van der Waals surface area contributed by atoms with Crippen molar-refractivity contribution in [2.45, 2.75) is 4.90 Å². The van der Waals surface area contributed by atoms with Crippen LogP contribution in [0.1, 0.15) is 0 Å². The quantitative estimate of drug-likeness (QED) is 0.646. The third-order valence-corrected chi connectivity index (χ3v) is 3.03. The van der Waals surface area contributed by atoms with Crippen molar-refractivity contribution in [2.24, 2.45) is 0 Å². The highest BCUT2D eigenvalue weighted by molar-refractivity contribution is 7.94. The van der Waals surface area contributed by atoms with E-state index in [1.54, 1.807) is 25.4 Å². The van der Waals surface area contributed by atoms with Crippen LogP contribution in [-0.2, 0) is 0 Å². The first-order valence-corrected chi connectivity index (χ1v) is 5.35. The van der Waals surface area contributed by atoms with Crippen LogP contribution in [0.15, 0.2) is 29.3 Å². The van der Waals surface area contributed by atoms with Crippen molar-refractivity contribution < 1.29 is 9.29 Å². The smallest absolute Gasteiger partial charge is 0.136 e. The number of hydrogen-bond acceptors (Lipinski definition) is 4. The summed E-state index contributed by atoms with van der Waals surface area (Å²) in [4.78, 5) is 4.62. The monoisotopic (exact) mass is 241 g/mol. The van der Waals surface area contributed by atoms with Gasteiger partial charge in [-0.3, -0.25) is 0 Å². The van der Waals surface area contributed by atoms with E-state index in [1.165, 1.54) is 0 Å². The Morgan fingerprint density at radius 2 is 2.13 bits per heavy atom. The molecule has 2 rings (SSSR count). The lowest BCUT2D eigenvalue weighted by molar-refractivity contribution is 0.405. The number of halogens is 1. The Balaban J connectivity index is 2.82. The molecule has 5 heteroatoms. The number of aromatic nitrogens is 1. The zero-order chi connectivity index (χ0) is 10.8. The highest BCUT2D eigenvalue weighted by Crippen LogP contribution is 2.36. The number of rotatable bonds is 2. The van der Waals surface area contributed by atoms with Crippen molar-refractivity contribution >= 4 is 34.4 Å². The first kappa shape index (κ1) is 10.5. The summed E-state index contributed by atoms with van der Waals surface area (Å²) in [6.45, 7) is 0. The van der Waals surface area contributed by atoms with Gasteiger partial charge in [-0.2, -0.15) is 0 Å². The summed E-state index contributed by atoms with van der Waals surface area (Å²) in [5.41, 5.74) is 0. The first-order chi connectivity index (χ1) is 7.27. The highest BCUT2D eigenvalue weighted by atomic mass is 35.5. The van der Waals surface area contributed by atoms with E-state index < -0.39 is 0 Å². The second kappa shape index (κ2) is 4.26. The van der Waals surface area contributed by atoms with Gasteiger partial charge in [0.05, 0.1) is 12.0 Å². The summed E-state index contributed by atoms with van der Waals surface area (Å²) in [5.74, 6) is 0.622. The van der Waals surface area contributed by atoms with Gasteiger partial charge in [-0.15, -0.1) is 0 Å². The number of benzene rings is 1. The standard InChI is InChI=1S/C10H8ClNO2S/c1-14-8-3-2-7-6(9(8)15-13)4-5-12-10(7)11/h2-5,13H,1H3. The summed E-state index contributed by atoms with van der Waals surface area (Å²) < 4.78 is 14.4. The fourth-order valence-corrected chi connectivity index (χ4v) is 2.17. The molecule has 3 nitrogen and oxygen atoms in total. The Morgan fingerprint density at radius 3 is 2.80 bits per heavy atom. The van der Waals surface area contributed by atoms with Gasteiger partial charge >= 0.3 is 0 Å². The second-order valence-electron chi connectivity index (χ2n) is 2.89. The van der Waals surface area contributed by atoms with Crippen LogP contribution in [0.4, 0.5) is 0 Å². The number of methoxy groups -OCH3 is 1. The summed E-state index contributed by atoms with van der Waals surface area (Å²) in [5, 5.41) is 2.06. The van der Waals surface area contributed by atoms with E-state index in [-0.39, 0.29) is 0 Å². The lowest BCUT2D eigenvalue weighted by Gasteiger charge is -2.08. The maximum atomic E-state index is 9.21. The van der Waals surface area contributed by atoms with E-state index in [1.807, 2.05) is 6.07 Å². The van der Waals surface area contributed by atoms with E-state index >= 15 is 0 Å². The number of ether oxygens (including phenoxy) is 1. The van der Waals surface area contributed by atoms with Gasteiger partial charge in [0.25, 0.3) is 0 Å². The number of hydrogen-bond donors (Lipinski definition) is 1. The van der Waals surface area contributed by atoms with Crippen molar-refractivity contribution in [1.29, 1.82) is 0 Å². The Kier molecular flexibility index (Phi) is 3.00. The van der Waals surface area contributed by atoms with Crippen LogP contribution in [0.3, 0.4) is 0 Å². The molecule has 1 N–H and O–H groups in total. The van der Waals surface area contributed by atoms with Crippen molar-refractivity contribution in [1.82, 2.24) is 4.98 Å². The lowest BCUT2D eigenvalue weighted by atomic mass is 10.2. The van der Waals surface area contributed by atoms with Crippen LogP contribution in [0.25, 0.3) is 10.8 Å². The minimum Gasteiger partial charge on any atom is -0.495 e. The van der Waals surface area contributed by atoms with E-state index in [4.69, 9.17) is 16.3 Å². The van der Waals surface area contributed by atoms with E-state index in [2.05, 4.69) is 4.98 Å². The molecule has 0 aliphatic rings. The molecule has 0 saturated heterocycles. The Morgan fingerprint density at radius 1 is 1.33 bits per heavy atom. The molecule has 1 aromatic carbocycles. The van der Waals surface area contributed by atoms with Gasteiger partial charge in [0, 0.05) is 29.0 Å². The Labute approximate surface area is 96.2 Å². The number of pyridine rings is 1. The molecule has 78 valence electrons. The molecule has 0 bridgehead atoms. The van der Waals surface area contributed by atoms with Gasteiger partial charge in [0.1, 0.15) is 10.9 Å². The van der Waals surface area contributed by atoms with Gasteiger partial charge in [0.15, 0.2) is 0 Å². The van der Waals surface area contributed by atoms with Crippen LogP contribution >= 0.6 is 23.6 Å². The van der Waals surface area contributed by atoms with Crippen LogP contribution < -0.4 is 4.74 Å². The number of nitrogens with zero attached hydrogens (tertiary/aromatic N) is 1. The van der Waals surface area contributed by atoms with Crippen LogP contribution in [0.5, 0.6) is 5.75 Å². The van der Waals surface area contributed by atoms with Crippen LogP contribution in [-0.4, -0.2) is 16.6 Å². The highest BCUT2D eigenvalue weighted by Gasteiger charge is 2.10. The average molecular weight is 242 g/mol. The van der Waals surface area contributed by atoms with E-state index in [0.717, 1.165) is 10.8 Å². The van der Waals surface area contributed by atoms with Gasteiger partial charge in [-0.25, -0.2) is 4.98 Å². The molecule has 0 radical (unpaired) electrons. The van der Waals surface area contributed by atoms with Crippen molar-refractivity contribution in [2.75, 3.05) is 7.11 Å². The molecular formula is C10H8ClNO2S. The fraction of sp³-hybridized carbons (Fsp3) is 0.100. The average Bonchev–Trinajstić information content (AvgIpc) is 2.28. The summed E-state index contributed by atoms with van der Waals surface area (Å²) in [7, 11) is 1.56. The van der Waals surface area contributed by atoms with E-state index in [9.17, 15) is 4.55 Å². The molecule has 0 aliphatic carbocycles. The minimum atomic E-state index is 0.422. The molecule has 0 spiro atoms.